The molecule has 0 aromatic rings. The fourth-order valence-electron chi connectivity index (χ4n) is 2.07. The van der Waals surface area contributed by atoms with Crippen molar-refractivity contribution in [1.82, 2.24) is 15.5 Å². The van der Waals surface area contributed by atoms with Crippen LogP contribution in [0.3, 0.4) is 0 Å². The summed E-state index contributed by atoms with van der Waals surface area (Å²) in [7, 11) is 0. The predicted molar refractivity (Wildman–Crippen MR) is 69.1 cm³/mol. The molecule has 0 amide bonds. The number of likely N-dealkylation sites (N-methyl/N-ethyl adjacent to an activating group) is 1. The van der Waals surface area contributed by atoms with Gasteiger partial charge in [-0.05, 0) is 52.0 Å². The minimum Gasteiger partial charge on any atom is -0.361 e. The van der Waals surface area contributed by atoms with Crippen LogP contribution in [0.5, 0.6) is 0 Å². The summed E-state index contributed by atoms with van der Waals surface area (Å²) in [6, 6.07) is 1.08. The van der Waals surface area contributed by atoms with Gasteiger partial charge >= 0.3 is 0 Å². The predicted octanol–water partition coefficient (Wildman–Crippen LogP) is 1.34. The van der Waals surface area contributed by atoms with Gasteiger partial charge in [-0.15, -0.1) is 0 Å². The standard InChI is InChI=1S/C11H23N3S/c1-4-14-7-5-6-10(14)8-12-11(15)13-9(2)3/h9-10H,4-8H2,1-3H3,(H2,12,13,15). The third kappa shape index (κ3) is 4.34. The molecular weight excluding hydrogens is 206 g/mol. The van der Waals surface area contributed by atoms with Gasteiger partial charge in [0, 0.05) is 18.6 Å². The molecule has 15 heavy (non-hydrogen) atoms. The van der Waals surface area contributed by atoms with E-state index in [0.717, 1.165) is 18.2 Å². The summed E-state index contributed by atoms with van der Waals surface area (Å²) in [5.41, 5.74) is 0. The number of rotatable bonds is 4. The minimum atomic E-state index is 0.413. The van der Waals surface area contributed by atoms with Crippen molar-refractivity contribution in [1.29, 1.82) is 0 Å². The van der Waals surface area contributed by atoms with E-state index in [1.54, 1.807) is 0 Å². The molecule has 1 heterocycles. The second-order valence-electron chi connectivity index (χ2n) is 4.43. The smallest absolute Gasteiger partial charge is 0.166 e. The first-order valence-electron chi connectivity index (χ1n) is 5.92. The topological polar surface area (TPSA) is 27.3 Å². The number of thiocarbonyl (C=S) groups is 1. The zero-order valence-corrected chi connectivity index (χ0v) is 10.9. The number of nitrogens with one attached hydrogen (secondary N) is 2. The van der Waals surface area contributed by atoms with Crippen molar-refractivity contribution in [3.63, 3.8) is 0 Å². The van der Waals surface area contributed by atoms with E-state index in [0.29, 0.717) is 12.1 Å². The molecule has 1 fully saturated rings. The molecule has 0 aliphatic carbocycles. The van der Waals surface area contributed by atoms with Crippen molar-refractivity contribution in [3.8, 4) is 0 Å². The van der Waals surface area contributed by atoms with Gasteiger partial charge in [0.1, 0.15) is 0 Å². The zero-order chi connectivity index (χ0) is 11.3. The van der Waals surface area contributed by atoms with Crippen LogP contribution in [0.15, 0.2) is 0 Å². The van der Waals surface area contributed by atoms with E-state index in [-0.39, 0.29) is 0 Å². The van der Waals surface area contributed by atoms with Crippen LogP contribution in [0.4, 0.5) is 0 Å². The first-order valence-corrected chi connectivity index (χ1v) is 6.32. The maximum atomic E-state index is 5.20. The van der Waals surface area contributed by atoms with Gasteiger partial charge in [0.2, 0.25) is 0 Å². The fraction of sp³-hybridized carbons (Fsp3) is 0.909. The second kappa shape index (κ2) is 6.28. The van der Waals surface area contributed by atoms with E-state index in [1.165, 1.54) is 19.4 Å². The summed E-state index contributed by atoms with van der Waals surface area (Å²) in [4.78, 5) is 2.52. The molecule has 1 atom stereocenters. The maximum absolute atomic E-state index is 5.20. The summed E-state index contributed by atoms with van der Waals surface area (Å²) in [6.07, 6.45) is 2.62. The van der Waals surface area contributed by atoms with Gasteiger partial charge in [-0.3, -0.25) is 4.90 Å². The van der Waals surface area contributed by atoms with Crippen LogP contribution in [-0.4, -0.2) is 41.7 Å². The quantitative estimate of drug-likeness (QED) is 0.712. The molecule has 1 aliphatic heterocycles. The van der Waals surface area contributed by atoms with Gasteiger partial charge in [-0.25, -0.2) is 0 Å². The molecule has 1 rings (SSSR count). The minimum absolute atomic E-state index is 0.413. The number of likely N-dealkylation sites (tertiary alicyclic amines) is 1. The Morgan fingerprint density at radius 3 is 2.87 bits per heavy atom. The first kappa shape index (κ1) is 12.7. The summed E-state index contributed by atoms with van der Waals surface area (Å²) < 4.78 is 0. The highest BCUT2D eigenvalue weighted by atomic mass is 32.1. The first-order chi connectivity index (χ1) is 7.13. The lowest BCUT2D eigenvalue weighted by atomic mass is 10.2. The van der Waals surface area contributed by atoms with E-state index >= 15 is 0 Å². The van der Waals surface area contributed by atoms with Crippen LogP contribution in [0.2, 0.25) is 0 Å². The van der Waals surface area contributed by atoms with Crippen molar-refractivity contribution in [2.24, 2.45) is 0 Å². The van der Waals surface area contributed by atoms with Crippen LogP contribution in [0, 0.1) is 0 Å². The van der Waals surface area contributed by atoms with Gasteiger partial charge in [0.05, 0.1) is 0 Å². The van der Waals surface area contributed by atoms with Crippen LogP contribution in [0.1, 0.15) is 33.6 Å². The Kier molecular flexibility index (Phi) is 5.32. The van der Waals surface area contributed by atoms with Gasteiger partial charge < -0.3 is 10.6 Å². The van der Waals surface area contributed by atoms with Crippen molar-refractivity contribution in [3.05, 3.63) is 0 Å². The Labute approximate surface area is 98.6 Å². The lowest BCUT2D eigenvalue weighted by Gasteiger charge is -2.24. The molecule has 0 aromatic heterocycles. The monoisotopic (exact) mass is 229 g/mol. The van der Waals surface area contributed by atoms with E-state index in [1.807, 2.05) is 0 Å². The number of nitrogens with zero attached hydrogens (tertiary/aromatic N) is 1. The SMILES string of the molecule is CCN1CCCC1CNC(=S)NC(C)C. The Morgan fingerprint density at radius 2 is 2.27 bits per heavy atom. The molecule has 1 aliphatic rings. The van der Waals surface area contributed by atoms with Crippen LogP contribution < -0.4 is 10.6 Å². The van der Waals surface area contributed by atoms with E-state index in [2.05, 4.69) is 36.3 Å². The van der Waals surface area contributed by atoms with Crippen molar-refractivity contribution >= 4 is 17.3 Å². The summed E-state index contributed by atoms with van der Waals surface area (Å²) >= 11 is 5.20. The summed E-state index contributed by atoms with van der Waals surface area (Å²) in [6.45, 7) is 9.79. The Morgan fingerprint density at radius 1 is 1.53 bits per heavy atom. The van der Waals surface area contributed by atoms with Crippen molar-refractivity contribution in [2.45, 2.75) is 45.7 Å². The van der Waals surface area contributed by atoms with Crippen LogP contribution in [0.25, 0.3) is 0 Å². The molecule has 88 valence electrons. The molecular formula is C11H23N3S. The fourth-order valence-corrected chi connectivity index (χ4v) is 2.39. The lowest BCUT2D eigenvalue weighted by Crippen LogP contribution is -2.45. The summed E-state index contributed by atoms with van der Waals surface area (Å²) in [5, 5.41) is 7.29. The Balaban J connectivity index is 2.21. The van der Waals surface area contributed by atoms with Gasteiger partial charge in [0.15, 0.2) is 5.11 Å². The molecule has 0 radical (unpaired) electrons. The average Bonchev–Trinajstić information content (AvgIpc) is 2.60. The number of hydrogen-bond donors (Lipinski definition) is 2. The van der Waals surface area contributed by atoms with E-state index in [9.17, 15) is 0 Å². The molecule has 3 nitrogen and oxygen atoms in total. The highest BCUT2D eigenvalue weighted by Crippen LogP contribution is 2.15. The number of hydrogen-bond acceptors (Lipinski definition) is 2. The third-order valence-corrected chi connectivity index (χ3v) is 3.09. The Hall–Kier alpha value is -0.350. The third-order valence-electron chi connectivity index (χ3n) is 2.82. The zero-order valence-electron chi connectivity index (χ0n) is 10.0. The largest absolute Gasteiger partial charge is 0.361 e. The van der Waals surface area contributed by atoms with Gasteiger partial charge in [-0.2, -0.15) is 0 Å². The second-order valence-corrected chi connectivity index (χ2v) is 4.84. The van der Waals surface area contributed by atoms with Gasteiger partial charge in [-0.1, -0.05) is 6.92 Å². The normalized spacial score (nSPS) is 22.0. The van der Waals surface area contributed by atoms with E-state index in [4.69, 9.17) is 12.2 Å². The van der Waals surface area contributed by atoms with Gasteiger partial charge in [0.25, 0.3) is 0 Å². The lowest BCUT2D eigenvalue weighted by molar-refractivity contribution is 0.267. The molecule has 1 unspecified atom stereocenters. The molecule has 1 saturated heterocycles. The molecule has 4 heteroatoms. The molecule has 0 saturated carbocycles. The van der Waals surface area contributed by atoms with E-state index < -0.39 is 0 Å². The van der Waals surface area contributed by atoms with Crippen LogP contribution in [-0.2, 0) is 0 Å². The molecule has 0 aromatic carbocycles. The average molecular weight is 229 g/mol. The summed E-state index contributed by atoms with van der Waals surface area (Å²) in [5.74, 6) is 0. The molecule has 0 bridgehead atoms. The highest BCUT2D eigenvalue weighted by molar-refractivity contribution is 7.80. The van der Waals surface area contributed by atoms with Crippen LogP contribution >= 0.6 is 12.2 Å². The maximum Gasteiger partial charge on any atom is 0.166 e. The van der Waals surface area contributed by atoms with Crippen molar-refractivity contribution in [2.75, 3.05) is 19.6 Å². The molecule has 0 spiro atoms. The van der Waals surface area contributed by atoms with Crippen molar-refractivity contribution < 1.29 is 0 Å². The Bertz CT molecular complexity index is 206. The molecule has 2 N–H and O–H groups in total. The highest BCUT2D eigenvalue weighted by Gasteiger charge is 2.22.